The number of fused-ring (bicyclic) bond motifs is 6. The molecule has 3 aliphatic rings. The predicted molar refractivity (Wildman–Crippen MR) is 110 cm³/mol. The Balaban J connectivity index is 1.80. The van der Waals surface area contributed by atoms with Crippen molar-refractivity contribution < 1.29 is 4.42 Å². The van der Waals surface area contributed by atoms with Crippen molar-refractivity contribution in [2.45, 2.75) is 65.5 Å². The van der Waals surface area contributed by atoms with Crippen molar-refractivity contribution in [1.29, 1.82) is 0 Å². The van der Waals surface area contributed by atoms with Crippen LogP contribution in [-0.4, -0.2) is 11.6 Å². The van der Waals surface area contributed by atoms with Gasteiger partial charge in [-0.05, 0) is 63.0 Å². The number of anilines is 1. The zero-order valence-electron chi connectivity index (χ0n) is 16.6. The van der Waals surface area contributed by atoms with E-state index in [1.54, 1.807) is 0 Å². The zero-order chi connectivity index (χ0) is 18.3. The van der Waals surface area contributed by atoms with E-state index >= 15 is 0 Å². The van der Waals surface area contributed by atoms with Gasteiger partial charge in [-0.3, -0.25) is 0 Å². The molecule has 0 N–H and O–H groups in total. The minimum atomic E-state index is 0.217. The number of nitrogens with zero attached hydrogens (tertiary/aromatic N) is 1. The Kier molecular flexibility index (Phi) is 3.16. The van der Waals surface area contributed by atoms with Crippen LogP contribution in [0, 0.1) is 18.3 Å². The van der Waals surface area contributed by atoms with Crippen LogP contribution in [0.5, 0.6) is 0 Å². The molecule has 2 heteroatoms. The Bertz CT molecular complexity index is 1020. The highest BCUT2D eigenvalue weighted by Crippen LogP contribution is 2.59. The Morgan fingerprint density at radius 2 is 1.77 bits per heavy atom. The van der Waals surface area contributed by atoms with Crippen LogP contribution in [0.1, 0.15) is 52.5 Å². The van der Waals surface area contributed by atoms with Gasteiger partial charge in [-0.25, -0.2) is 0 Å². The van der Waals surface area contributed by atoms with Gasteiger partial charge in [0.25, 0.3) is 0 Å². The molecule has 0 spiro atoms. The van der Waals surface area contributed by atoms with Gasteiger partial charge >= 0.3 is 0 Å². The van der Waals surface area contributed by atoms with Crippen molar-refractivity contribution in [2.75, 3.05) is 4.90 Å². The molecule has 136 valence electrons. The predicted octanol–water partition coefficient (Wildman–Crippen LogP) is 6.69. The van der Waals surface area contributed by atoms with Gasteiger partial charge in [-0.1, -0.05) is 44.2 Å². The monoisotopic (exact) mass is 347 g/mol. The molecule has 3 heterocycles. The molecule has 2 nitrogen and oxygen atoms in total. The first-order valence-electron chi connectivity index (χ1n) is 10.1. The van der Waals surface area contributed by atoms with Gasteiger partial charge in [0.2, 0.25) is 0 Å². The molecule has 1 saturated carbocycles. The van der Waals surface area contributed by atoms with Crippen molar-refractivity contribution in [3.63, 3.8) is 0 Å². The number of hydrogen-bond acceptors (Lipinski definition) is 2. The fourth-order valence-corrected chi connectivity index (χ4v) is 6.02. The molecule has 2 aliphatic heterocycles. The van der Waals surface area contributed by atoms with E-state index in [4.69, 9.17) is 4.42 Å². The lowest BCUT2D eigenvalue weighted by molar-refractivity contribution is -0.00496. The van der Waals surface area contributed by atoms with E-state index in [-0.39, 0.29) is 5.54 Å². The highest BCUT2D eigenvalue weighted by molar-refractivity contribution is 6.09. The number of hydrogen-bond donors (Lipinski definition) is 0. The lowest BCUT2D eigenvalue weighted by atomic mass is 9.54. The topological polar surface area (TPSA) is 16.4 Å². The first-order chi connectivity index (χ1) is 12.3. The van der Waals surface area contributed by atoms with Crippen LogP contribution in [-0.2, 0) is 0 Å². The lowest BCUT2D eigenvalue weighted by Gasteiger charge is -2.65. The smallest absolute Gasteiger partial charge is 0.158 e. The Morgan fingerprint density at radius 3 is 2.54 bits per heavy atom. The minimum absolute atomic E-state index is 0.217. The van der Waals surface area contributed by atoms with Gasteiger partial charge in [0.05, 0.1) is 5.69 Å². The number of para-hydroxylation sites is 1. The maximum Gasteiger partial charge on any atom is 0.158 e. The third-order valence-corrected chi connectivity index (χ3v) is 7.96. The summed E-state index contributed by atoms with van der Waals surface area (Å²) in [6.45, 7) is 12.1. The van der Waals surface area contributed by atoms with Gasteiger partial charge in [0.1, 0.15) is 5.58 Å². The molecule has 0 radical (unpaired) electrons. The second-order valence-electron chi connectivity index (χ2n) is 9.36. The fourth-order valence-electron chi connectivity index (χ4n) is 6.02. The molecule has 3 fully saturated rings. The summed E-state index contributed by atoms with van der Waals surface area (Å²) in [6.07, 6.45) is 3.87. The first kappa shape index (κ1) is 16.2. The first-order valence-corrected chi connectivity index (χ1v) is 10.1. The fraction of sp³-hybridized carbons (Fsp3) is 0.500. The average molecular weight is 348 g/mol. The van der Waals surface area contributed by atoms with E-state index in [1.165, 1.54) is 41.3 Å². The van der Waals surface area contributed by atoms with Gasteiger partial charge < -0.3 is 9.32 Å². The van der Waals surface area contributed by atoms with Crippen LogP contribution in [0.2, 0.25) is 0 Å². The molecule has 1 aliphatic carbocycles. The van der Waals surface area contributed by atoms with Crippen LogP contribution in [0.25, 0.3) is 21.9 Å². The van der Waals surface area contributed by atoms with Crippen molar-refractivity contribution in [3.05, 3.63) is 42.0 Å². The third kappa shape index (κ3) is 1.88. The quantitative estimate of drug-likeness (QED) is 0.487. The van der Waals surface area contributed by atoms with Gasteiger partial charge in [-0.2, -0.15) is 0 Å². The Hall–Kier alpha value is -1.96. The van der Waals surface area contributed by atoms with E-state index in [1.807, 2.05) is 0 Å². The summed E-state index contributed by atoms with van der Waals surface area (Å²) in [4.78, 5) is 2.73. The Morgan fingerprint density at radius 1 is 1.00 bits per heavy atom. The summed E-state index contributed by atoms with van der Waals surface area (Å²) in [5, 5.41) is 2.47. The van der Waals surface area contributed by atoms with Crippen LogP contribution in [0.4, 0.5) is 5.69 Å². The average Bonchev–Trinajstić information content (AvgIpc) is 2.98. The normalized spacial score (nSPS) is 34.1. The van der Waals surface area contributed by atoms with E-state index in [9.17, 15) is 0 Å². The summed E-state index contributed by atoms with van der Waals surface area (Å²) in [5.74, 6) is 0.766. The SMILES string of the molecule is Cc1ccc2c(oc3ccccc32)c1N1C(C)C2(C)CCC1(C)CC2C. The molecule has 26 heavy (non-hydrogen) atoms. The minimum Gasteiger partial charge on any atom is -0.454 e. The highest BCUT2D eigenvalue weighted by atomic mass is 16.3. The standard InChI is InChI=1S/C24H29NO/c1-15-10-11-19-18-8-6-7-9-20(18)26-22(19)21(15)25-17(3)24(5)13-12-23(25,4)14-16(24)2/h6-11,16-17H,12-14H2,1-5H3. The van der Waals surface area contributed by atoms with Crippen molar-refractivity contribution >= 4 is 27.6 Å². The number of aryl methyl sites for hydroxylation is 1. The van der Waals surface area contributed by atoms with Crippen molar-refractivity contribution in [1.82, 2.24) is 0 Å². The van der Waals surface area contributed by atoms with Crippen molar-refractivity contribution in [2.24, 2.45) is 11.3 Å². The maximum absolute atomic E-state index is 6.44. The molecule has 4 unspecified atom stereocenters. The van der Waals surface area contributed by atoms with Gasteiger partial charge in [0, 0.05) is 22.4 Å². The van der Waals surface area contributed by atoms with Gasteiger partial charge in [-0.15, -0.1) is 0 Å². The van der Waals surface area contributed by atoms with Crippen LogP contribution in [0.3, 0.4) is 0 Å². The second kappa shape index (κ2) is 5.06. The molecule has 2 saturated heterocycles. The summed E-state index contributed by atoms with van der Waals surface area (Å²) in [6, 6.07) is 13.5. The summed E-state index contributed by atoms with van der Waals surface area (Å²) < 4.78 is 6.44. The molecule has 2 bridgehead atoms. The highest BCUT2D eigenvalue weighted by Gasteiger charge is 2.57. The molecule has 2 aromatic carbocycles. The maximum atomic E-state index is 6.44. The number of rotatable bonds is 1. The summed E-state index contributed by atoms with van der Waals surface area (Å²) >= 11 is 0. The Labute approximate surface area is 156 Å². The summed E-state index contributed by atoms with van der Waals surface area (Å²) in [7, 11) is 0. The largest absolute Gasteiger partial charge is 0.454 e. The molecule has 3 aromatic rings. The number of furan rings is 1. The number of piperidine rings is 2. The number of benzene rings is 2. The lowest BCUT2D eigenvalue weighted by Crippen LogP contribution is -2.68. The van der Waals surface area contributed by atoms with Crippen LogP contribution >= 0.6 is 0 Å². The van der Waals surface area contributed by atoms with Crippen molar-refractivity contribution in [3.8, 4) is 0 Å². The molecular formula is C24H29NO. The third-order valence-electron chi connectivity index (χ3n) is 7.96. The molecule has 1 aromatic heterocycles. The van der Waals surface area contributed by atoms with Crippen LogP contribution < -0.4 is 4.90 Å². The molecular weight excluding hydrogens is 318 g/mol. The van der Waals surface area contributed by atoms with Gasteiger partial charge in [0.15, 0.2) is 5.58 Å². The second-order valence-corrected chi connectivity index (χ2v) is 9.36. The molecule has 0 amide bonds. The molecule has 6 rings (SSSR count). The molecule has 4 atom stereocenters. The zero-order valence-corrected chi connectivity index (χ0v) is 16.6. The van der Waals surface area contributed by atoms with E-state index in [0.29, 0.717) is 11.5 Å². The van der Waals surface area contributed by atoms with E-state index in [2.05, 4.69) is 75.9 Å². The van der Waals surface area contributed by atoms with E-state index < -0.39 is 0 Å². The summed E-state index contributed by atoms with van der Waals surface area (Å²) in [5.41, 5.74) is 5.31. The van der Waals surface area contributed by atoms with Crippen LogP contribution in [0.15, 0.2) is 40.8 Å². The van der Waals surface area contributed by atoms with E-state index in [0.717, 1.165) is 17.1 Å².